The third kappa shape index (κ3) is 4.40. The fourth-order valence-corrected chi connectivity index (χ4v) is 1.98. The standard InChI is InChI=1S/C11H24N2O/c1-13(2)8-5-9-14-10-11(12)6-3-4-7-11/h3-10,12H2,1-2H3. The Hall–Kier alpha value is -0.120. The van der Waals surface area contributed by atoms with Crippen LogP contribution in [0.5, 0.6) is 0 Å². The summed E-state index contributed by atoms with van der Waals surface area (Å²) in [6.07, 6.45) is 5.93. The molecular weight excluding hydrogens is 176 g/mol. The molecule has 0 radical (unpaired) electrons. The Labute approximate surface area is 87.6 Å². The van der Waals surface area contributed by atoms with E-state index in [0.717, 1.165) is 39.0 Å². The van der Waals surface area contributed by atoms with Crippen molar-refractivity contribution in [1.82, 2.24) is 4.90 Å². The number of hydrogen-bond donors (Lipinski definition) is 1. The van der Waals surface area contributed by atoms with Crippen LogP contribution in [-0.4, -0.2) is 44.3 Å². The summed E-state index contributed by atoms with van der Waals surface area (Å²) < 4.78 is 5.62. The molecule has 3 heteroatoms. The summed E-state index contributed by atoms with van der Waals surface area (Å²) in [6, 6.07) is 0. The van der Waals surface area contributed by atoms with Gasteiger partial charge in [-0.15, -0.1) is 0 Å². The molecule has 0 aliphatic heterocycles. The molecule has 84 valence electrons. The van der Waals surface area contributed by atoms with Crippen molar-refractivity contribution < 1.29 is 4.74 Å². The van der Waals surface area contributed by atoms with Crippen molar-refractivity contribution in [2.24, 2.45) is 5.73 Å². The molecule has 1 rings (SSSR count). The van der Waals surface area contributed by atoms with Gasteiger partial charge in [-0.1, -0.05) is 12.8 Å². The van der Waals surface area contributed by atoms with E-state index in [4.69, 9.17) is 10.5 Å². The van der Waals surface area contributed by atoms with Crippen LogP contribution in [-0.2, 0) is 4.74 Å². The number of ether oxygens (including phenoxy) is 1. The summed E-state index contributed by atoms with van der Waals surface area (Å²) >= 11 is 0. The van der Waals surface area contributed by atoms with Crippen LogP contribution in [0.3, 0.4) is 0 Å². The highest BCUT2D eigenvalue weighted by atomic mass is 16.5. The summed E-state index contributed by atoms with van der Waals surface area (Å²) in [5.74, 6) is 0. The Morgan fingerprint density at radius 2 is 1.93 bits per heavy atom. The van der Waals surface area contributed by atoms with Gasteiger partial charge in [0.15, 0.2) is 0 Å². The molecule has 3 nitrogen and oxygen atoms in total. The lowest BCUT2D eigenvalue weighted by atomic mass is 10.0. The van der Waals surface area contributed by atoms with Crippen LogP contribution in [0.4, 0.5) is 0 Å². The molecule has 0 aromatic heterocycles. The first-order valence-electron chi connectivity index (χ1n) is 5.64. The number of nitrogens with two attached hydrogens (primary N) is 1. The van der Waals surface area contributed by atoms with Crippen LogP contribution in [0.25, 0.3) is 0 Å². The Morgan fingerprint density at radius 3 is 2.50 bits per heavy atom. The van der Waals surface area contributed by atoms with Gasteiger partial charge in [-0.2, -0.15) is 0 Å². The first-order chi connectivity index (χ1) is 6.62. The quantitative estimate of drug-likeness (QED) is 0.655. The summed E-state index contributed by atoms with van der Waals surface area (Å²) in [6.45, 7) is 2.69. The van der Waals surface area contributed by atoms with E-state index in [9.17, 15) is 0 Å². The smallest absolute Gasteiger partial charge is 0.0646 e. The lowest BCUT2D eigenvalue weighted by molar-refractivity contribution is 0.0816. The molecular formula is C11H24N2O. The van der Waals surface area contributed by atoms with E-state index in [2.05, 4.69) is 19.0 Å². The molecule has 0 amide bonds. The zero-order chi connectivity index (χ0) is 10.4. The first-order valence-corrected chi connectivity index (χ1v) is 5.64. The van der Waals surface area contributed by atoms with Gasteiger partial charge in [0.25, 0.3) is 0 Å². The van der Waals surface area contributed by atoms with Crippen LogP contribution >= 0.6 is 0 Å². The van der Waals surface area contributed by atoms with Gasteiger partial charge in [-0.25, -0.2) is 0 Å². The molecule has 0 aromatic carbocycles. The minimum absolute atomic E-state index is 0.00187. The van der Waals surface area contributed by atoms with Crippen molar-refractivity contribution in [3.05, 3.63) is 0 Å². The highest BCUT2D eigenvalue weighted by molar-refractivity contribution is 4.88. The van der Waals surface area contributed by atoms with Gasteiger partial charge in [0.05, 0.1) is 6.61 Å². The molecule has 14 heavy (non-hydrogen) atoms. The van der Waals surface area contributed by atoms with E-state index in [1.165, 1.54) is 12.8 Å². The zero-order valence-corrected chi connectivity index (χ0v) is 9.59. The van der Waals surface area contributed by atoms with E-state index in [1.54, 1.807) is 0 Å². The predicted octanol–water partition coefficient (Wildman–Crippen LogP) is 1.23. The molecule has 0 unspecified atom stereocenters. The third-order valence-electron chi connectivity index (χ3n) is 2.88. The average Bonchev–Trinajstić information content (AvgIpc) is 2.51. The Bertz CT molecular complexity index is 153. The predicted molar refractivity (Wildman–Crippen MR) is 59.4 cm³/mol. The molecule has 1 aliphatic carbocycles. The van der Waals surface area contributed by atoms with Crippen molar-refractivity contribution in [1.29, 1.82) is 0 Å². The summed E-state index contributed by atoms with van der Waals surface area (Å²) in [5, 5.41) is 0. The summed E-state index contributed by atoms with van der Waals surface area (Å²) in [5.41, 5.74) is 6.16. The average molecular weight is 200 g/mol. The summed E-state index contributed by atoms with van der Waals surface area (Å²) in [4.78, 5) is 2.18. The Kier molecular flexibility index (Phi) is 4.85. The lowest BCUT2D eigenvalue weighted by Crippen LogP contribution is -2.41. The molecule has 1 saturated carbocycles. The fraction of sp³-hybridized carbons (Fsp3) is 1.00. The molecule has 1 aliphatic rings. The van der Waals surface area contributed by atoms with Crippen LogP contribution in [0, 0.1) is 0 Å². The van der Waals surface area contributed by atoms with Gasteiger partial charge in [0.2, 0.25) is 0 Å². The van der Waals surface area contributed by atoms with Gasteiger partial charge in [0.1, 0.15) is 0 Å². The minimum atomic E-state index is -0.00187. The SMILES string of the molecule is CN(C)CCCOCC1(N)CCCC1. The molecule has 0 saturated heterocycles. The van der Waals surface area contributed by atoms with E-state index in [1.807, 2.05) is 0 Å². The van der Waals surface area contributed by atoms with Crippen LogP contribution in [0.2, 0.25) is 0 Å². The second-order valence-corrected chi connectivity index (χ2v) is 4.78. The number of nitrogens with zero attached hydrogens (tertiary/aromatic N) is 1. The van der Waals surface area contributed by atoms with Crippen LogP contribution in [0.1, 0.15) is 32.1 Å². The zero-order valence-electron chi connectivity index (χ0n) is 9.59. The van der Waals surface area contributed by atoms with Crippen LogP contribution in [0.15, 0.2) is 0 Å². The Balaban J connectivity index is 1.98. The maximum Gasteiger partial charge on any atom is 0.0646 e. The Morgan fingerprint density at radius 1 is 1.29 bits per heavy atom. The van der Waals surface area contributed by atoms with Crippen molar-refractivity contribution in [3.63, 3.8) is 0 Å². The van der Waals surface area contributed by atoms with Gasteiger partial charge in [0, 0.05) is 12.1 Å². The molecule has 0 atom stereocenters. The van der Waals surface area contributed by atoms with Crippen molar-refractivity contribution in [2.75, 3.05) is 33.9 Å². The number of rotatable bonds is 6. The fourth-order valence-electron chi connectivity index (χ4n) is 1.98. The second-order valence-electron chi connectivity index (χ2n) is 4.78. The van der Waals surface area contributed by atoms with E-state index in [0.29, 0.717) is 0 Å². The molecule has 0 bridgehead atoms. The molecule has 0 spiro atoms. The van der Waals surface area contributed by atoms with E-state index in [-0.39, 0.29) is 5.54 Å². The topological polar surface area (TPSA) is 38.5 Å². The summed E-state index contributed by atoms with van der Waals surface area (Å²) in [7, 11) is 4.17. The van der Waals surface area contributed by atoms with Gasteiger partial charge < -0.3 is 15.4 Å². The third-order valence-corrected chi connectivity index (χ3v) is 2.88. The van der Waals surface area contributed by atoms with Gasteiger partial charge in [-0.05, 0) is 39.9 Å². The molecule has 0 heterocycles. The van der Waals surface area contributed by atoms with E-state index >= 15 is 0 Å². The van der Waals surface area contributed by atoms with Crippen molar-refractivity contribution >= 4 is 0 Å². The highest BCUT2D eigenvalue weighted by Crippen LogP contribution is 2.27. The highest BCUT2D eigenvalue weighted by Gasteiger charge is 2.29. The van der Waals surface area contributed by atoms with Gasteiger partial charge in [-0.3, -0.25) is 0 Å². The van der Waals surface area contributed by atoms with Crippen molar-refractivity contribution in [3.8, 4) is 0 Å². The maximum absolute atomic E-state index is 6.17. The minimum Gasteiger partial charge on any atom is -0.379 e. The largest absolute Gasteiger partial charge is 0.379 e. The molecule has 0 aromatic rings. The monoisotopic (exact) mass is 200 g/mol. The lowest BCUT2D eigenvalue weighted by Gasteiger charge is -2.23. The number of hydrogen-bond acceptors (Lipinski definition) is 3. The second kappa shape index (κ2) is 5.69. The van der Waals surface area contributed by atoms with E-state index < -0.39 is 0 Å². The molecule has 2 N–H and O–H groups in total. The van der Waals surface area contributed by atoms with Crippen LogP contribution < -0.4 is 5.73 Å². The first kappa shape index (κ1) is 12.0. The molecule has 1 fully saturated rings. The van der Waals surface area contributed by atoms with Crippen molar-refractivity contribution in [2.45, 2.75) is 37.6 Å². The van der Waals surface area contributed by atoms with Gasteiger partial charge >= 0.3 is 0 Å². The maximum atomic E-state index is 6.17. The normalized spacial score (nSPS) is 20.6.